The summed E-state index contributed by atoms with van der Waals surface area (Å²) in [5.41, 5.74) is 1.05. The Hall–Kier alpha value is -1.77. The van der Waals surface area contributed by atoms with Gasteiger partial charge in [0.2, 0.25) is 0 Å². The molecular weight excluding hydrogens is 315 g/mol. The Morgan fingerprint density at radius 3 is 2.86 bits per heavy atom. The van der Waals surface area contributed by atoms with Gasteiger partial charge in [-0.3, -0.25) is 0 Å². The summed E-state index contributed by atoms with van der Waals surface area (Å²) in [6.45, 7) is 1.20. The molecule has 0 radical (unpaired) electrons. The van der Waals surface area contributed by atoms with Gasteiger partial charge < -0.3 is 4.90 Å². The highest BCUT2D eigenvalue weighted by Gasteiger charge is 2.30. The molecule has 0 N–H and O–H groups in total. The van der Waals surface area contributed by atoms with Crippen molar-refractivity contribution in [2.75, 3.05) is 10.7 Å². The molecule has 1 aromatic carbocycles. The summed E-state index contributed by atoms with van der Waals surface area (Å²) in [6, 6.07) is 8.19. The fourth-order valence-corrected chi connectivity index (χ4v) is 3.42. The first-order valence-corrected chi connectivity index (χ1v) is 7.73. The summed E-state index contributed by atoms with van der Waals surface area (Å²) < 4.78 is 37.0. The maximum atomic E-state index is 12.3. The van der Waals surface area contributed by atoms with E-state index in [-0.39, 0.29) is 11.9 Å². The Kier molecular flexibility index (Phi) is 3.98. The Balaban J connectivity index is 1.78. The molecular formula is C13H14F3N5S. The minimum absolute atomic E-state index is 0.245. The zero-order valence-electron chi connectivity index (χ0n) is 11.8. The van der Waals surface area contributed by atoms with E-state index in [9.17, 15) is 13.2 Å². The van der Waals surface area contributed by atoms with Crippen molar-refractivity contribution in [1.29, 1.82) is 0 Å². The normalized spacial score (nSPS) is 18.4. The number of para-hydroxylation sites is 1. The molecule has 118 valence electrons. The number of tetrazole rings is 1. The summed E-state index contributed by atoms with van der Waals surface area (Å²) in [4.78, 5) is 3.84. The highest BCUT2D eigenvalue weighted by molar-refractivity contribution is 7.99. The second-order valence-electron chi connectivity index (χ2n) is 5.11. The minimum atomic E-state index is -4.35. The van der Waals surface area contributed by atoms with E-state index in [0.29, 0.717) is 11.3 Å². The maximum Gasteiger partial charge on any atom is 0.409 e. The Morgan fingerprint density at radius 2 is 2.09 bits per heavy atom. The zero-order valence-corrected chi connectivity index (χ0v) is 12.6. The van der Waals surface area contributed by atoms with Crippen LogP contribution < -0.4 is 4.90 Å². The number of nitrogens with zero attached hydrogens (tertiary/aromatic N) is 5. The average Bonchev–Trinajstić information content (AvgIpc) is 2.87. The lowest BCUT2D eigenvalue weighted by molar-refractivity contribution is -0.145. The molecule has 2 aromatic rings. The monoisotopic (exact) mass is 329 g/mol. The highest BCUT2D eigenvalue weighted by atomic mass is 32.2. The largest absolute Gasteiger partial charge is 0.409 e. The van der Waals surface area contributed by atoms with Gasteiger partial charge in [-0.1, -0.05) is 12.1 Å². The molecule has 1 aliphatic heterocycles. The number of benzene rings is 1. The second kappa shape index (κ2) is 5.79. The lowest BCUT2D eigenvalue weighted by Crippen LogP contribution is -2.37. The zero-order chi connectivity index (χ0) is 15.7. The van der Waals surface area contributed by atoms with E-state index in [1.165, 1.54) is 0 Å². The number of hydrogen-bond acceptors (Lipinski definition) is 5. The number of fused-ring (bicyclic) bond motifs is 1. The number of anilines is 1. The number of halogens is 3. The third-order valence-corrected chi connectivity index (χ3v) is 4.62. The van der Waals surface area contributed by atoms with Crippen molar-refractivity contribution in [2.45, 2.75) is 37.1 Å². The van der Waals surface area contributed by atoms with Crippen LogP contribution in [-0.2, 0) is 13.1 Å². The molecule has 0 saturated carbocycles. The lowest BCUT2D eigenvalue weighted by Gasteiger charge is -2.35. The third kappa shape index (κ3) is 3.34. The molecule has 1 aromatic heterocycles. The van der Waals surface area contributed by atoms with Crippen LogP contribution in [0.25, 0.3) is 0 Å². The quantitative estimate of drug-likeness (QED) is 0.866. The molecule has 2 heterocycles. The number of alkyl halides is 3. The van der Waals surface area contributed by atoms with E-state index in [0.717, 1.165) is 16.3 Å². The predicted molar refractivity (Wildman–Crippen MR) is 76.7 cm³/mol. The standard InChI is InChI=1S/C13H14F3N5S/c1-9-7-22-11-5-3-2-4-10(11)20(9)6-12-17-19-21(18-12)8-13(14,15)16/h2-5,9H,6-8H2,1H3. The van der Waals surface area contributed by atoms with Crippen LogP contribution in [0.4, 0.5) is 18.9 Å². The molecule has 0 fully saturated rings. The van der Waals surface area contributed by atoms with Crippen LogP contribution in [-0.4, -0.2) is 38.2 Å². The van der Waals surface area contributed by atoms with Crippen LogP contribution in [0.2, 0.25) is 0 Å². The van der Waals surface area contributed by atoms with E-state index >= 15 is 0 Å². The fraction of sp³-hybridized carbons (Fsp3) is 0.462. The van der Waals surface area contributed by atoms with E-state index < -0.39 is 12.7 Å². The molecule has 1 aliphatic rings. The molecule has 1 atom stereocenters. The van der Waals surface area contributed by atoms with Crippen LogP contribution in [0.5, 0.6) is 0 Å². The van der Waals surface area contributed by atoms with Gasteiger partial charge in [-0.2, -0.15) is 18.0 Å². The van der Waals surface area contributed by atoms with Crippen LogP contribution in [0.15, 0.2) is 29.2 Å². The summed E-state index contributed by atoms with van der Waals surface area (Å²) >= 11 is 1.77. The molecule has 0 bridgehead atoms. The summed E-state index contributed by atoms with van der Waals surface area (Å²) in [6.07, 6.45) is -4.35. The number of thioether (sulfide) groups is 1. The van der Waals surface area contributed by atoms with Gasteiger partial charge in [-0.25, -0.2) is 0 Å². The lowest BCUT2D eigenvalue weighted by atomic mass is 10.2. The van der Waals surface area contributed by atoms with Crippen molar-refractivity contribution in [1.82, 2.24) is 20.2 Å². The number of rotatable bonds is 3. The number of hydrogen-bond donors (Lipinski definition) is 0. The first kappa shape index (κ1) is 15.1. The van der Waals surface area contributed by atoms with Crippen molar-refractivity contribution in [3.8, 4) is 0 Å². The van der Waals surface area contributed by atoms with Crippen molar-refractivity contribution in [3.05, 3.63) is 30.1 Å². The van der Waals surface area contributed by atoms with E-state index in [1.807, 2.05) is 24.3 Å². The predicted octanol–water partition coefficient (Wildman–Crippen LogP) is 2.74. The average molecular weight is 329 g/mol. The molecule has 9 heteroatoms. The van der Waals surface area contributed by atoms with Crippen LogP contribution in [0.1, 0.15) is 12.7 Å². The van der Waals surface area contributed by atoms with Crippen molar-refractivity contribution in [2.24, 2.45) is 0 Å². The molecule has 0 spiro atoms. The number of aromatic nitrogens is 4. The van der Waals surface area contributed by atoms with Crippen LogP contribution in [0.3, 0.4) is 0 Å². The fourth-order valence-electron chi connectivity index (χ4n) is 2.31. The molecule has 0 amide bonds. The highest BCUT2D eigenvalue weighted by Crippen LogP contribution is 2.37. The topological polar surface area (TPSA) is 46.8 Å². The molecule has 1 unspecified atom stereocenters. The molecule has 22 heavy (non-hydrogen) atoms. The van der Waals surface area contributed by atoms with Gasteiger partial charge in [0.05, 0.1) is 12.2 Å². The van der Waals surface area contributed by atoms with Crippen LogP contribution >= 0.6 is 11.8 Å². The van der Waals surface area contributed by atoms with Crippen molar-refractivity contribution in [3.63, 3.8) is 0 Å². The third-order valence-electron chi connectivity index (χ3n) is 3.31. The van der Waals surface area contributed by atoms with Gasteiger partial charge >= 0.3 is 6.18 Å². The Morgan fingerprint density at radius 1 is 1.32 bits per heavy atom. The summed E-state index contributed by atoms with van der Waals surface area (Å²) in [7, 11) is 0. The van der Waals surface area contributed by atoms with Gasteiger partial charge in [0, 0.05) is 16.7 Å². The summed E-state index contributed by atoms with van der Waals surface area (Å²) in [5, 5.41) is 11.0. The van der Waals surface area contributed by atoms with Crippen molar-refractivity contribution < 1.29 is 13.2 Å². The van der Waals surface area contributed by atoms with Gasteiger partial charge in [0.25, 0.3) is 0 Å². The first-order chi connectivity index (χ1) is 10.4. The smallest absolute Gasteiger partial charge is 0.359 e. The molecule has 0 saturated heterocycles. The maximum absolute atomic E-state index is 12.3. The van der Waals surface area contributed by atoms with Crippen LogP contribution in [0, 0.1) is 0 Å². The molecule has 3 rings (SSSR count). The minimum Gasteiger partial charge on any atom is -0.359 e. The Bertz CT molecular complexity index is 657. The Labute approximate surface area is 129 Å². The van der Waals surface area contributed by atoms with E-state index in [4.69, 9.17) is 0 Å². The van der Waals surface area contributed by atoms with Gasteiger partial charge in [-0.05, 0) is 24.3 Å². The molecule has 0 aliphatic carbocycles. The summed E-state index contributed by atoms with van der Waals surface area (Å²) in [5.74, 6) is 1.20. The van der Waals surface area contributed by atoms with Gasteiger partial charge in [0.1, 0.15) is 0 Å². The van der Waals surface area contributed by atoms with Gasteiger partial charge in [0.15, 0.2) is 12.4 Å². The van der Waals surface area contributed by atoms with Crippen molar-refractivity contribution >= 4 is 17.4 Å². The SMILES string of the molecule is CC1CSc2ccccc2N1Cc1nnn(CC(F)(F)F)n1. The van der Waals surface area contributed by atoms with Gasteiger partial charge in [-0.15, -0.1) is 22.0 Å². The van der Waals surface area contributed by atoms with E-state index in [2.05, 4.69) is 27.2 Å². The van der Waals surface area contributed by atoms with E-state index in [1.54, 1.807) is 11.8 Å². The second-order valence-corrected chi connectivity index (χ2v) is 6.17. The molecule has 5 nitrogen and oxygen atoms in total. The first-order valence-electron chi connectivity index (χ1n) is 6.74.